The molecule has 0 aliphatic heterocycles. The number of aryl methyl sites for hydroxylation is 2. The Hall–Kier alpha value is -4.33. The quantitative estimate of drug-likeness (QED) is 0.475. The van der Waals surface area contributed by atoms with Crippen LogP contribution in [0, 0.1) is 13.8 Å². The molecule has 8 heteroatoms. The summed E-state index contributed by atoms with van der Waals surface area (Å²) in [5.74, 6) is 0.806. The van der Waals surface area contributed by atoms with Crippen molar-refractivity contribution >= 4 is 22.7 Å². The third-order valence-corrected chi connectivity index (χ3v) is 5.52. The number of benzene rings is 3. The van der Waals surface area contributed by atoms with Gasteiger partial charge in [0.05, 0.1) is 23.8 Å². The standard InChI is InChI=1S/C24H21N5O3/c1-15-8-7-9-16(2)21(15)26-22-25-19-13-12-18(32-3)14-20(19)28-23(30)27(24(31)29(22)28)17-10-5-4-6-11-17/h4-14H,1-3H3,(H,25,26). The zero-order chi connectivity index (χ0) is 22.4. The molecular weight excluding hydrogens is 406 g/mol. The second-order valence-corrected chi connectivity index (χ2v) is 7.54. The van der Waals surface area contributed by atoms with Gasteiger partial charge in [-0.3, -0.25) is 0 Å². The number of anilines is 2. The first-order valence-corrected chi connectivity index (χ1v) is 10.1. The smallest absolute Gasteiger partial charge is 0.359 e. The normalized spacial score (nSPS) is 11.2. The Morgan fingerprint density at radius 1 is 0.844 bits per heavy atom. The summed E-state index contributed by atoms with van der Waals surface area (Å²) in [7, 11) is 1.55. The molecule has 5 aromatic rings. The van der Waals surface area contributed by atoms with Gasteiger partial charge in [-0.2, -0.15) is 9.03 Å². The van der Waals surface area contributed by atoms with Crippen LogP contribution in [-0.4, -0.2) is 25.7 Å². The SMILES string of the molecule is COc1ccc2nc(Nc3c(C)cccc3C)n3c(=O)n(-c4ccccc4)c(=O)n3c2c1. The Bertz CT molecular complexity index is 1580. The van der Waals surface area contributed by atoms with Crippen molar-refractivity contribution in [2.45, 2.75) is 13.8 Å². The molecule has 0 bridgehead atoms. The van der Waals surface area contributed by atoms with Gasteiger partial charge in [0, 0.05) is 11.8 Å². The highest BCUT2D eigenvalue weighted by atomic mass is 16.5. The van der Waals surface area contributed by atoms with Crippen molar-refractivity contribution in [3.8, 4) is 11.4 Å². The number of para-hydroxylation sites is 2. The average molecular weight is 427 g/mol. The number of aromatic nitrogens is 4. The highest BCUT2D eigenvalue weighted by molar-refractivity contribution is 5.78. The van der Waals surface area contributed by atoms with Crippen LogP contribution in [0.4, 0.5) is 11.6 Å². The molecule has 0 radical (unpaired) electrons. The number of hydrogen-bond acceptors (Lipinski definition) is 5. The molecule has 0 saturated carbocycles. The van der Waals surface area contributed by atoms with E-state index >= 15 is 0 Å². The van der Waals surface area contributed by atoms with Gasteiger partial charge in [-0.05, 0) is 49.2 Å². The molecule has 0 amide bonds. The topological polar surface area (TPSA) is 82.0 Å². The lowest BCUT2D eigenvalue weighted by Gasteiger charge is -2.14. The van der Waals surface area contributed by atoms with Crippen molar-refractivity contribution < 1.29 is 4.74 Å². The van der Waals surface area contributed by atoms with Gasteiger partial charge in [0.1, 0.15) is 5.75 Å². The summed E-state index contributed by atoms with van der Waals surface area (Å²) in [5, 5.41) is 3.28. The minimum Gasteiger partial charge on any atom is -0.497 e. The Labute approximate surface area is 182 Å². The molecule has 0 saturated heterocycles. The van der Waals surface area contributed by atoms with Crippen LogP contribution in [0.1, 0.15) is 11.1 Å². The second kappa shape index (κ2) is 7.42. The summed E-state index contributed by atoms with van der Waals surface area (Å²) < 4.78 is 9.07. The maximum atomic E-state index is 13.5. The van der Waals surface area contributed by atoms with E-state index in [4.69, 9.17) is 4.74 Å². The van der Waals surface area contributed by atoms with E-state index in [9.17, 15) is 9.59 Å². The fourth-order valence-corrected chi connectivity index (χ4v) is 3.90. The fraction of sp³-hybridized carbons (Fsp3) is 0.125. The van der Waals surface area contributed by atoms with E-state index in [1.165, 1.54) is 9.03 Å². The maximum Gasteiger partial charge on any atom is 0.359 e. The fourth-order valence-electron chi connectivity index (χ4n) is 3.90. The number of rotatable bonds is 4. The molecule has 0 spiro atoms. The molecule has 3 aromatic carbocycles. The predicted octanol–water partition coefficient (Wildman–Crippen LogP) is 3.47. The van der Waals surface area contributed by atoms with E-state index in [2.05, 4.69) is 10.3 Å². The number of ether oxygens (including phenoxy) is 1. The molecule has 0 unspecified atom stereocenters. The van der Waals surface area contributed by atoms with Crippen molar-refractivity contribution in [1.29, 1.82) is 0 Å². The zero-order valence-corrected chi connectivity index (χ0v) is 17.9. The Balaban J connectivity index is 1.90. The van der Waals surface area contributed by atoms with Crippen LogP contribution in [0.25, 0.3) is 16.7 Å². The lowest BCUT2D eigenvalue weighted by molar-refractivity contribution is 0.415. The van der Waals surface area contributed by atoms with Crippen molar-refractivity contribution in [2.75, 3.05) is 12.4 Å². The Morgan fingerprint density at radius 2 is 1.53 bits per heavy atom. The van der Waals surface area contributed by atoms with Crippen LogP contribution in [0.3, 0.4) is 0 Å². The van der Waals surface area contributed by atoms with Gasteiger partial charge in [0.15, 0.2) is 0 Å². The molecule has 0 aliphatic rings. The van der Waals surface area contributed by atoms with Crippen LogP contribution >= 0.6 is 0 Å². The van der Waals surface area contributed by atoms with Gasteiger partial charge in [-0.1, -0.05) is 36.4 Å². The highest BCUT2D eigenvalue weighted by Crippen LogP contribution is 2.25. The molecular formula is C24H21N5O3. The Morgan fingerprint density at radius 3 is 2.22 bits per heavy atom. The number of nitrogens with one attached hydrogen (secondary N) is 1. The van der Waals surface area contributed by atoms with E-state index in [0.717, 1.165) is 21.4 Å². The molecule has 160 valence electrons. The minimum absolute atomic E-state index is 0.247. The van der Waals surface area contributed by atoms with Crippen molar-refractivity contribution in [3.63, 3.8) is 0 Å². The first-order chi connectivity index (χ1) is 15.5. The Kier molecular flexibility index (Phi) is 4.55. The van der Waals surface area contributed by atoms with Gasteiger partial charge in [0.25, 0.3) is 0 Å². The minimum atomic E-state index is -0.521. The van der Waals surface area contributed by atoms with Gasteiger partial charge < -0.3 is 10.1 Å². The third-order valence-electron chi connectivity index (χ3n) is 5.52. The summed E-state index contributed by atoms with van der Waals surface area (Å²) in [6, 6.07) is 20.0. The predicted molar refractivity (Wildman–Crippen MR) is 124 cm³/mol. The largest absolute Gasteiger partial charge is 0.497 e. The highest BCUT2D eigenvalue weighted by Gasteiger charge is 2.20. The molecule has 5 rings (SSSR count). The summed E-state index contributed by atoms with van der Waals surface area (Å²) in [6.45, 7) is 3.95. The van der Waals surface area contributed by atoms with Crippen molar-refractivity contribution in [1.82, 2.24) is 18.6 Å². The number of hydrogen-bond donors (Lipinski definition) is 1. The average Bonchev–Trinajstić information content (AvgIpc) is 3.07. The van der Waals surface area contributed by atoms with Crippen LogP contribution < -0.4 is 21.4 Å². The first kappa shape index (κ1) is 19.6. The van der Waals surface area contributed by atoms with Crippen molar-refractivity contribution in [3.05, 3.63) is 98.8 Å². The summed E-state index contributed by atoms with van der Waals surface area (Å²) in [4.78, 5) is 31.7. The van der Waals surface area contributed by atoms with Crippen LogP contribution in [-0.2, 0) is 0 Å². The summed E-state index contributed by atoms with van der Waals surface area (Å²) >= 11 is 0. The van der Waals surface area contributed by atoms with Gasteiger partial charge in [-0.25, -0.2) is 19.1 Å². The monoisotopic (exact) mass is 427 g/mol. The number of fused-ring (bicyclic) bond motifs is 3. The molecule has 0 fully saturated rings. The van der Waals surface area contributed by atoms with Gasteiger partial charge >= 0.3 is 11.4 Å². The number of methoxy groups -OCH3 is 1. The molecule has 32 heavy (non-hydrogen) atoms. The van der Waals surface area contributed by atoms with Crippen LogP contribution in [0.5, 0.6) is 5.75 Å². The van der Waals surface area contributed by atoms with Gasteiger partial charge in [-0.15, -0.1) is 0 Å². The zero-order valence-electron chi connectivity index (χ0n) is 17.9. The van der Waals surface area contributed by atoms with E-state index in [1.807, 2.05) is 38.1 Å². The second-order valence-electron chi connectivity index (χ2n) is 7.54. The van der Waals surface area contributed by atoms with Crippen LogP contribution in [0.2, 0.25) is 0 Å². The molecule has 8 nitrogen and oxygen atoms in total. The van der Waals surface area contributed by atoms with E-state index in [1.54, 1.807) is 49.6 Å². The van der Waals surface area contributed by atoms with E-state index in [0.29, 0.717) is 22.5 Å². The lowest BCUT2D eigenvalue weighted by atomic mass is 10.1. The van der Waals surface area contributed by atoms with E-state index < -0.39 is 11.4 Å². The first-order valence-electron chi connectivity index (χ1n) is 10.1. The maximum absolute atomic E-state index is 13.5. The lowest BCUT2D eigenvalue weighted by Crippen LogP contribution is -2.26. The van der Waals surface area contributed by atoms with E-state index in [-0.39, 0.29) is 5.95 Å². The molecule has 2 aromatic heterocycles. The van der Waals surface area contributed by atoms with Crippen LogP contribution in [0.15, 0.2) is 76.3 Å². The molecule has 2 heterocycles. The van der Waals surface area contributed by atoms with Gasteiger partial charge in [0.2, 0.25) is 5.95 Å². The molecule has 0 atom stereocenters. The summed E-state index contributed by atoms with van der Waals surface area (Å²) in [5.41, 5.74) is 3.31. The molecule has 1 N–H and O–H groups in total. The number of nitrogens with zero attached hydrogens (tertiary/aromatic N) is 4. The van der Waals surface area contributed by atoms with Crippen molar-refractivity contribution in [2.24, 2.45) is 0 Å². The summed E-state index contributed by atoms with van der Waals surface area (Å²) in [6.07, 6.45) is 0. The third kappa shape index (κ3) is 2.96. The molecule has 0 aliphatic carbocycles.